The number of rotatable bonds is 1. The van der Waals surface area contributed by atoms with Crippen LogP contribution in [0.1, 0.15) is 26.3 Å². The summed E-state index contributed by atoms with van der Waals surface area (Å²) in [5.41, 5.74) is 1.26. The van der Waals surface area contributed by atoms with E-state index < -0.39 is 21.1 Å². The normalized spacial score (nSPS) is 11.8. The van der Waals surface area contributed by atoms with Gasteiger partial charge < -0.3 is 0 Å². The summed E-state index contributed by atoms with van der Waals surface area (Å²) in [4.78, 5) is 4.41. The van der Waals surface area contributed by atoms with E-state index in [-0.39, 0.29) is 0 Å². The summed E-state index contributed by atoms with van der Waals surface area (Å²) in [5.74, 6) is 0. The summed E-state index contributed by atoms with van der Waals surface area (Å²) in [7, 11) is 0. The Morgan fingerprint density at radius 1 is 1.38 bits per heavy atom. The van der Waals surface area contributed by atoms with E-state index in [2.05, 4.69) is 32.7 Å². The van der Waals surface area contributed by atoms with Crippen LogP contribution in [0.3, 0.4) is 0 Å². The summed E-state index contributed by atoms with van der Waals surface area (Å²) in [5, 5.41) is 0.745. The number of hydrogen-bond acceptors (Lipinski definition) is 1. The van der Waals surface area contributed by atoms with Crippen molar-refractivity contribution in [2.45, 2.75) is 31.1 Å². The molecule has 0 fully saturated rings. The van der Waals surface area contributed by atoms with Gasteiger partial charge in [-0.25, -0.2) is 0 Å². The van der Waals surface area contributed by atoms with Crippen LogP contribution in [0.15, 0.2) is 12.3 Å². The van der Waals surface area contributed by atoms with Crippen molar-refractivity contribution in [1.29, 1.82) is 0 Å². The molecule has 0 saturated carbocycles. The Hall–Kier alpha value is 0.239. The molecule has 0 bridgehead atoms. The third kappa shape index (κ3) is 3.86. The predicted molar refractivity (Wildman–Crippen MR) is 59.1 cm³/mol. The number of hydrogen-bond donors (Lipinski definition) is 0. The minimum absolute atomic E-state index is 0.453. The molecule has 70 valence electrons. The molecule has 0 atom stereocenters. The molecule has 0 aliphatic heterocycles. The molecule has 1 aromatic rings. The van der Waals surface area contributed by atoms with Crippen LogP contribution in [0.2, 0.25) is 8.45 Å². The van der Waals surface area contributed by atoms with Gasteiger partial charge in [-0.05, 0) is 0 Å². The molecule has 0 N–H and O–H groups in total. The Balaban J connectivity index is 2.90. The molecule has 3 heteroatoms. The van der Waals surface area contributed by atoms with Crippen LogP contribution in [-0.2, 0) is 0 Å². The first-order valence-corrected chi connectivity index (χ1v) is 7.52. The first kappa shape index (κ1) is 11.3. The zero-order valence-corrected chi connectivity index (χ0v) is 12.1. The van der Waals surface area contributed by atoms with E-state index in [1.165, 1.54) is 9.27 Å². The molecule has 1 aromatic heterocycles. The third-order valence-electron chi connectivity index (χ3n) is 1.54. The zero-order chi connectivity index (χ0) is 10.1. The maximum atomic E-state index is 5.84. The van der Waals surface area contributed by atoms with Gasteiger partial charge in [0.15, 0.2) is 0 Å². The van der Waals surface area contributed by atoms with Crippen molar-refractivity contribution in [3.63, 3.8) is 0 Å². The van der Waals surface area contributed by atoms with Gasteiger partial charge in [-0.2, -0.15) is 0 Å². The molecule has 0 aromatic carbocycles. The fourth-order valence-electron chi connectivity index (χ4n) is 1.03. The summed E-state index contributed by atoms with van der Waals surface area (Å²) in [6.45, 7) is 8.96. The monoisotopic (exact) mass is 303 g/mol. The van der Waals surface area contributed by atoms with Gasteiger partial charge in [0, 0.05) is 0 Å². The number of aryl methyl sites for hydroxylation is 1. The van der Waals surface area contributed by atoms with Crippen molar-refractivity contribution in [2.75, 3.05) is 0 Å². The maximum absolute atomic E-state index is 5.84. The van der Waals surface area contributed by atoms with Crippen molar-refractivity contribution < 1.29 is 0 Å². The van der Waals surface area contributed by atoms with Crippen molar-refractivity contribution in [3.8, 4) is 0 Å². The summed E-state index contributed by atoms with van der Waals surface area (Å²) >= 11 is 5.27. The van der Waals surface area contributed by atoms with Crippen molar-refractivity contribution >= 4 is 36.5 Å². The molecule has 1 nitrogen and oxygen atoms in total. The molecule has 0 amide bonds. The number of nitrogens with zero attached hydrogens (tertiary/aromatic N) is 1. The summed E-state index contributed by atoms with van der Waals surface area (Å²) < 4.78 is 1.77. The van der Waals surface area contributed by atoms with E-state index in [1.54, 1.807) is 6.20 Å². The molecule has 1 heterocycles. The van der Waals surface area contributed by atoms with Gasteiger partial charge in [0.2, 0.25) is 0 Å². The molecule has 2 radical (unpaired) electrons. The Labute approximate surface area is 95.1 Å². The van der Waals surface area contributed by atoms with E-state index >= 15 is 0 Å². The van der Waals surface area contributed by atoms with Crippen LogP contribution in [0.25, 0.3) is 0 Å². The second-order valence-corrected chi connectivity index (χ2v) is 11.0. The van der Waals surface area contributed by atoms with Crippen molar-refractivity contribution in [2.24, 2.45) is 0 Å². The molecule has 0 unspecified atom stereocenters. The van der Waals surface area contributed by atoms with Crippen molar-refractivity contribution in [1.82, 2.24) is 4.98 Å². The fraction of sp³-hybridized carbons (Fsp3) is 0.500. The second-order valence-electron chi connectivity index (χ2n) is 4.19. The van der Waals surface area contributed by atoms with Crippen LogP contribution in [0.4, 0.5) is 0 Å². The van der Waals surface area contributed by atoms with Gasteiger partial charge in [-0.15, -0.1) is 0 Å². The average molecular weight is 302 g/mol. The third-order valence-corrected chi connectivity index (χ3v) is 6.06. The summed E-state index contributed by atoms with van der Waals surface area (Å²) in [6, 6.07) is 2.01. The minimum atomic E-state index is -0.575. The van der Waals surface area contributed by atoms with E-state index in [4.69, 9.17) is 11.6 Å². The van der Waals surface area contributed by atoms with E-state index in [9.17, 15) is 0 Å². The second kappa shape index (κ2) is 4.18. The Morgan fingerprint density at radius 3 is 2.46 bits per heavy atom. The van der Waals surface area contributed by atoms with Crippen LogP contribution >= 0.6 is 11.6 Å². The number of halogens is 1. The van der Waals surface area contributed by atoms with Crippen LogP contribution in [-0.4, -0.2) is 26.1 Å². The molecule has 0 spiro atoms. The molecule has 0 saturated heterocycles. The first-order chi connectivity index (χ1) is 5.88. The van der Waals surface area contributed by atoms with Gasteiger partial charge >= 0.3 is 95.4 Å². The van der Waals surface area contributed by atoms with Crippen LogP contribution in [0, 0.1) is 6.92 Å². The number of aromatic nitrogens is 1. The fourth-order valence-corrected chi connectivity index (χ4v) is 4.40. The predicted octanol–water partition coefficient (Wildman–Crippen LogP) is 2.59. The standard InChI is InChI=1S/C6H5ClN.C4H9.Sn/c1-5-2-6(7)4-8-3-5;1-4(2)3;/h2,4H,1H3;1-3H3;. The molecule has 13 heavy (non-hydrogen) atoms. The number of pyridine rings is 1. The Kier molecular flexibility index (Phi) is 3.63. The zero-order valence-electron chi connectivity index (χ0n) is 8.48. The van der Waals surface area contributed by atoms with Crippen molar-refractivity contribution in [3.05, 3.63) is 22.8 Å². The Morgan fingerprint density at radius 2 is 2.00 bits per heavy atom. The average Bonchev–Trinajstić information content (AvgIpc) is 1.93. The van der Waals surface area contributed by atoms with Gasteiger partial charge in [-0.1, -0.05) is 0 Å². The quantitative estimate of drug-likeness (QED) is 0.727. The molecular weight excluding hydrogens is 288 g/mol. The molecule has 1 rings (SSSR count). The SMILES string of the molecule is Cc1cc(Cl)cn[c]1[Sn][C](C)(C)C. The molecule has 0 aliphatic rings. The van der Waals surface area contributed by atoms with E-state index in [1.807, 2.05) is 6.07 Å². The van der Waals surface area contributed by atoms with Gasteiger partial charge in [-0.3, -0.25) is 0 Å². The van der Waals surface area contributed by atoms with Gasteiger partial charge in [0.05, 0.1) is 0 Å². The summed E-state index contributed by atoms with van der Waals surface area (Å²) in [6.07, 6.45) is 1.76. The first-order valence-electron chi connectivity index (χ1n) is 4.29. The van der Waals surface area contributed by atoms with Gasteiger partial charge in [0.1, 0.15) is 0 Å². The molecule has 0 aliphatic carbocycles. The van der Waals surface area contributed by atoms with Crippen LogP contribution in [0.5, 0.6) is 0 Å². The van der Waals surface area contributed by atoms with Gasteiger partial charge in [0.25, 0.3) is 0 Å². The Bertz CT molecular complexity index is 304. The molecular formula is C10H14ClNSn. The van der Waals surface area contributed by atoms with E-state index in [0.29, 0.717) is 3.43 Å². The van der Waals surface area contributed by atoms with Crippen LogP contribution < -0.4 is 3.71 Å². The topological polar surface area (TPSA) is 12.9 Å². The van der Waals surface area contributed by atoms with E-state index in [0.717, 1.165) is 5.02 Å².